The molecule has 18 heavy (non-hydrogen) atoms. The highest BCUT2D eigenvalue weighted by Gasteiger charge is 2.05. The van der Waals surface area contributed by atoms with Gasteiger partial charge in [0.1, 0.15) is 0 Å². The van der Waals surface area contributed by atoms with E-state index in [1.807, 2.05) is 0 Å². The molecule has 0 atom stereocenters. The van der Waals surface area contributed by atoms with Crippen molar-refractivity contribution in [1.29, 1.82) is 0 Å². The minimum absolute atomic E-state index is 0.551. The lowest BCUT2D eigenvalue weighted by Gasteiger charge is -2.06. The predicted molar refractivity (Wildman–Crippen MR) is 71.8 cm³/mol. The fraction of sp³-hybridized carbons (Fsp3) is 0.0769. The maximum Gasteiger partial charge on any atom is 0.159 e. The standard InChI is InChI=1S/C13H10ClF2NS/c14-11-3-1-9(17)5-8(11)7-18-10-2-4-12(15)13(16)6-10/h1-6H,7,17H2. The minimum Gasteiger partial charge on any atom is -0.399 e. The van der Waals surface area contributed by atoms with E-state index in [9.17, 15) is 8.78 Å². The SMILES string of the molecule is Nc1ccc(Cl)c(CSc2ccc(F)c(F)c2)c1. The Kier molecular flexibility index (Phi) is 4.09. The average Bonchev–Trinajstić information content (AvgIpc) is 2.34. The van der Waals surface area contributed by atoms with E-state index in [0.717, 1.165) is 11.6 Å². The molecule has 0 saturated carbocycles. The van der Waals surface area contributed by atoms with Crippen LogP contribution in [0.15, 0.2) is 41.3 Å². The number of rotatable bonds is 3. The van der Waals surface area contributed by atoms with Gasteiger partial charge >= 0.3 is 0 Å². The highest BCUT2D eigenvalue weighted by atomic mass is 35.5. The van der Waals surface area contributed by atoms with Crippen LogP contribution in [0.5, 0.6) is 0 Å². The molecule has 2 N–H and O–H groups in total. The molecular formula is C13H10ClF2NS. The molecule has 0 unspecified atom stereocenters. The molecule has 0 bridgehead atoms. The van der Waals surface area contributed by atoms with Gasteiger partial charge in [-0.15, -0.1) is 11.8 Å². The first kappa shape index (κ1) is 13.2. The third-order valence-electron chi connectivity index (χ3n) is 2.36. The Labute approximate surface area is 113 Å². The lowest BCUT2D eigenvalue weighted by Crippen LogP contribution is -1.89. The summed E-state index contributed by atoms with van der Waals surface area (Å²) in [5.41, 5.74) is 7.16. The van der Waals surface area contributed by atoms with Gasteiger partial charge in [0.05, 0.1) is 0 Å². The Morgan fingerprint density at radius 1 is 1.06 bits per heavy atom. The van der Waals surface area contributed by atoms with Gasteiger partial charge in [0.25, 0.3) is 0 Å². The van der Waals surface area contributed by atoms with Gasteiger partial charge in [-0.25, -0.2) is 8.78 Å². The van der Waals surface area contributed by atoms with Gasteiger partial charge < -0.3 is 5.73 Å². The molecule has 0 aliphatic rings. The van der Waals surface area contributed by atoms with Crippen LogP contribution in [0.25, 0.3) is 0 Å². The molecule has 2 aromatic carbocycles. The molecule has 0 spiro atoms. The van der Waals surface area contributed by atoms with Crippen LogP contribution >= 0.6 is 23.4 Å². The Morgan fingerprint density at radius 2 is 1.83 bits per heavy atom. The summed E-state index contributed by atoms with van der Waals surface area (Å²) in [5, 5.41) is 0.610. The van der Waals surface area contributed by atoms with Crippen molar-refractivity contribution in [3.05, 3.63) is 58.6 Å². The van der Waals surface area contributed by atoms with Crippen LogP contribution < -0.4 is 5.73 Å². The molecular weight excluding hydrogens is 276 g/mol. The fourth-order valence-electron chi connectivity index (χ4n) is 1.43. The van der Waals surface area contributed by atoms with E-state index >= 15 is 0 Å². The second-order valence-electron chi connectivity index (χ2n) is 3.72. The normalized spacial score (nSPS) is 10.6. The van der Waals surface area contributed by atoms with Gasteiger partial charge in [-0.05, 0) is 42.0 Å². The molecule has 0 amide bonds. The Balaban J connectivity index is 2.11. The van der Waals surface area contributed by atoms with Crippen molar-refractivity contribution in [2.75, 3.05) is 5.73 Å². The maximum atomic E-state index is 13.0. The largest absolute Gasteiger partial charge is 0.399 e. The zero-order chi connectivity index (χ0) is 13.1. The Morgan fingerprint density at radius 3 is 2.56 bits per heavy atom. The highest BCUT2D eigenvalue weighted by molar-refractivity contribution is 7.98. The average molecular weight is 286 g/mol. The third-order valence-corrected chi connectivity index (χ3v) is 3.77. The van der Waals surface area contributed by atoms with Crippen LogP contribution in [-0.4, -0.2) is 0 Å². The van der Waals surface area contributed by atoms with Gasteiger partial charge in [-0.3, -0.25) is 0 Å². The van der Waals surface area contributed by atoms with Crippen molar-refractivity contribution >= 4 is 29.1 Å². The van der Waals surface area contributed by atoms with E-state index < -0.39 is 11.6 Å². The van der Waals surface area contributed by atoms with Crippen molar-refractivity contribution in [1.82, 2.24) is 0 Å². The zero-order valence-corrected chi connectivity index (χ0v) is 10.9. The molecule has 2 rings (SSSR count). The summed E-state index contributed by atoms with van der Waals surface area (Å²) in [5.74, 6) is -1.14. The molecule has 1 nitrogen and oxygen atoms in total. The van der Waals surface area contributed by atoms with Crippen molar-refractivity contribution in [2.24, 2.45) is 0 Å². The van der Waals surface area contributed by atoms with Gasteiger partial charge in [-0.1, -0.05) is 11.6 Å². The number of benzene rings is 2. The predicted octanol–water partition coefficient (Wildman–Crippen LogP) is 4.49. The molecule has 0 aliphatic carbocycles. The van der Waals surface area contributed by atoms with Crippen LogP contribution in [0.1, 0.15) is 5.56 Å². The molecule has 0 heterocycles. The van der Waals surface area contributed by atoms with Crippen LogP contribution in [0.4, 0.5) is 14.5 Å². The molecule has 0 radical (unpaired) electrons. The number of hydrogen-bond donors (Lipinski definition) is 1. The maximum absolute atomic E-state index is 13.0. The van der Waals surface area contributed by atoms with Crippen molar-refractivity contribution in [3.63, 3.8) is 0 Å². The quantitative estimate of drug-likeness (QED) is 0.664. The van der Waals surface area contributed by atoms with E-state index in [1.54, 1.807) is 18.2 Å². The second kappa shape index (κ2) is 5.59. The molecule has 0 aliphatic heterocycles. The summed E-state index contributed by atoms with van der Waals surface area (Å²) in [4.78, 5) is 0.646. The first-order valence-electron chi connectivity index (χ1n) is 5.18. The number of nitrogens with two attached hydrogens (primary N) is 1. The van der Waals surface area contributed by atoms with Crippen LogP contribution in [0.3, 0.4) is 0 Å². The molecule has 0 saturated heterocycles. The van der Waals surface area contributed by atoms with Gasteiger partial charge in [0, 0.05) is 21.4 Å². The first-order chi connectivity index (χ1) is 8.56. The number of halogens is 3. The lowest BCUT2D eigenvalue weighted by molar-refractivity contribution is 0.506. The van der Waals surface area contributed by atoms with E-state index in [0.29, 0.717) is 21.4 Å². The summed E-state index contributed by atoms with van der Waals surface area (Å²) >= 11 is 7.39. The summed E-state index contributed by atoms with van der Waals surface area (Å²) < 4.78 is 25.8. The van der Waals surface area contributed by atoms with Crippen LogP contribution in [0.2, 0.25) is 5.02 Å². The molecule has 0 aromatic heterocycles. The Hall–Kier alpha value is -1.26. The summed E-state index contributed by atoms with van der Waals surface area (Å²) in [7, 11) is 0. The smallest absolute Gasteiger partial charge is 0.159 e. The van der Waals surface area contributed by atoms with E-state index in [2.05, 4.69) is 0 Å². The lowest BCUT2D eigenvalue weighted by atomic mass is 10.2. The molecule has 94 valence electrons. The monoisotopic (exact) mass is 285 g/mol. The van der Waals surface area contributed by atoms with Gasteiger partial charge in [0.15, 0.2) is 11.6 Å². The van der Waals surface area contributed by atoms with Crippen molar-refractivity contribution < 1.29 is 8.78 Å². The number of anilines is 1. The fourth-order valence-corrected chi connectivity index (χ4v) is 2.61. The summed E-state index contributed by atoms with van der Waals surface area (Å²) in [6.45, 7) is 0. The minimum atomic E-state index is -0.848. The van der Waals surface area contributed by atoms with E-state index in [-0.39, 0.29) is 0 Å². The third kappa shape index (κ3) is 3.15. The summed E-state index contributed by atoms with van der Waals surface area (Å²) in [6, 6.07) is 9.02. The van der Waals surface area contributed by atoms with Crippen molar-refractivity contribution in [2.45, 2.75) is 10.6 Å². The van der Waals surface area contributed by atoms with Gasteiger partial charge in [0.2, 0.25) is 0 Å². The topological polar surface area (TPSA) is 26.0 Å². The molecule has 2 aromatic rings. The van der Waals surface area contributed by atoms with Crippen molar-refractivity contribution in [3.8, 4) is 0 Å². The highest BCUT2D eigenvalue weighted by Crippen LogP contribution is 2.28. The number of thioether (sulfide) groups is 1. The van der Waals surface area contributed by atoms with E-state index in [4.69, 9.17) is 17.3 Å². The van der Waals surface area contributed by atoms with Gasteiger partial charge in [-0.2, -0.15) is 0 Å². The van der Waals surface area contributed by atoms with E-state index in [1.165, 1.54) is 23.9 Å². The molecule has 5 heteroatoms. The molecule has 0 fully saturated rings. The second-order valence-corrected chi connectivity index (χ2v) is 5.17. The zero-order valence-electron chi connectivity index (χ0n) is 9.29. The summed E-state index contributed by atoms with van der Waals surface area (Å²) in [6.07, 6.45) is 0. The number of nitrogen functional groups attached to an aromatic ring is 1. The van der Waals surface area contributed by atoms with Crippen LogP contribution in [0, 0.1) is 11.6 Å². The first-order valence-corrected chi connectivity index (χ1v) is 6.54. The number of hydrogen-bond acceptors (Lipinski definition) is 2. The Bertz CT molecular complexity index is 575. The van der Waals surface area contributed by atoms with Crippen LogP contribution in [-0.2, 0) is 5.75 Å².